The van der Waals surface area contributed by atoms with E-state index in [2.05, 4.69) is 0 Å². The molecule has 0 fully saturated rings. The first-order valence-corrected chi connectivity index (χ1v) is 4.88. The highest BCUT2D eigenvalue weighted by Gasteiger charge is 2.12. The summed E-state index contributed by atoms with van der Waals surface area (Å²) in [4.78, 5) is 11.7. The van der Waals surface area contributed by atoms with Crippen LogP contribution in [-0.2, 0) is 7.05 Å². The largest absolute Gasteiger partial charge is 0.507 e. The Morgan fingerprint density at radius 1 is 1.40 bits per heavy atom. The molecule has 0 radical (unpaired) electrons. The molecule has 3 nitrogen and oxygen atoms in total. The molecule has 0 spiro atoms. The number of fused-ring (bicyclic) bond motifs is 1. The van der Waals surface area contributed by atoms with E-state index in [0.29, 0.717) is 21.5 Å². The van der Waals surface area contributed by atoms with Gasteiger partial charge < -0.3 is 9.67 Å². The highest BCUT2D eigenvalue weighted by atomic mass is 35.5. The van der Waals surface area contributed by atoms with Crippen molar-refractivity contribution in [2.75, 3.05) is 0 Å². The molecular formula is C11H10ClNO2. The third kappa shape index (κ3) is 1.31. The van der Waals surface area contributed by atoms with Crippen LogP contribution in [0.1, 0.15) is 5.56 Å². The summed E-state index contributed by atoms with van der Waals surface area (Å²) in [6.07, 6.45) is 0. The van der Waals surface area contributed by atoms with Crippen molar-refractivity contribution in [3.63, 3.8) is 0 Å². The van der Waals surface area contributed by atoms with Crippen LogP contribution in [0.3, 0.4) is 0 Å². The van der Waals surface area contributed by atoms with Crippen molar-refractivity contribution in [3.05, 3.63) is 39.1 Å². The average molecular weight is 224 g/mol. The van der Waals surface area contributed by atoms with Gasteiger partial charge in [-0.05, 0) is 19.1 Å². The number of aromatic nitrogens is 1. The fourth-order valence-corrected chi connectivity index (χ4v) is 1.94. The van der Waals surface area contributed by atoms with E-state index in [-0.39, 0.29) is 11.3 Å². The van der Waals surface area contributed by atoms with Gasteiger partial charge in [0.05, 0.1) is 21.5 Å². The number of nitrogens with zero attached hydrogens (tertiary/aromatic N) is 1. The predicted octanol–water partition coefficient (Wildman–Crippen LogP) is 2.21. The number of aryl methyl sites for hydroxylation is 1. The summed E-state index contributed by atoms with van der Waals surface area (Å²) in [7, 11) is 1.66. The first-order valence-electron chi connectivity index (χ1n) is 4.51. The van der Waals surface area contributed by atoms with Crippen molar-refractivity contribution in [2.45, 2.75) is 6.92 Å². The summed E-state index contributed by atoms with van der Waals surface area (Å²) in [5.41, 5.74) is 0.746. The Labute approximate surface area is 91.5 Å². The Balaban J connectivity index is 3.15. The molecule has 0 unspecified atom stereocenters. The van der Waals surface area contributed by atoms with E-state index >= 15 is 0 Å². The van der Waals surface area contributed by atoms with Gasteiger partial charge in [0.1, 0.15) is 5.75 Å². The Bertz CT molecular complexity index is 602. The van der Waals surface area contributed by atoms with Crippen molar-refractivity contribution >= 4 is 22.5 Å². The Morgan fingerprint density at radius 3 is 2.73 bits per heavy atom. The van der Waals surface area contributed by atoms with Crippen LogP contribution in [0.5, 0.6) is 5.75 Å². The van der Waals surface area contributed by atoms with E-state index in [1.165, 1.54) is 4.57 Å². The van der Waals surface area contributed by atoms with Crippen molar-refractivity contribution in [1.82, 2.24) is 4.57 Å². The number of pyridine rings is 1. The third-order valence-corrected chi connectivity index (χ3v) is 2.89. The monoisotopic (exact) mass is 223 g/mol. The summed E-state index contributed by atoms with van der Waals surface area (Å²) in [5, 5.41) is 10.8. The zero-order valence-electron chi connectivity index (χ0n) is 8.41. The maximum atomic E-state index is 11.7. The fraction of sp³-hybridized carbons (Fsp3) is 0.182. The highest BCUT2D eigenvalue weighted by Crippen LogP contribution is 2.31. The number of benzene rings is 1. The highest BCUT2D eigenvalue weighted by molar-refractivity contribution is 6.36. The Hall–Kier alpha value is -1.48. The van der Waals surface area contributed by atoms with Gasteiger partial charge >= 0.3 is 0 Å². The lowest BCUT2D eigenvalue weighted by Gasteiger charge is -2.10. The summed E-state index contributed by atoms with van der Waals surface area (Å²) in [6, 6.07) is 5.19. The van der Waals surface area contributed by atoms with E-state index in [9.17, 15) is 9.90 Å². The molecule has 2 aromatic rings. The molecule has 1 heterocycles. The van der Waals surface area contributed by atoms with E-state index < -0.39 is 0 Å². The standard InChI is InChI=1S/C11H10ClNO2/c1-6-10(14)9-7(12)4-3-5-8(9)13(2)11(6)15/h3-5,14H,1-2H3. The van der Waals surface area contributed by atoms with E-state index in [4.69, 9.17) is 11.6 Å². The first-order chi connectivity index (χ1) is 7.04. The molecule has 1 aromatic carbocycles. The summed E-state index contributed by atoms with van der Waals surface area (Å²) in [5.74, 6) is -0.0290. The van der Waals surface area contributed by atoms with Gasteiger partial charge in [-0.3, -0.25) is 4.79 Å². The number of rotatable bonds is 0. The maximum Gasteiger partial charge on any atom is 0.257 e. The van der Waals surface area contributed by atoms with Gasteiger partial charge in [-0.1, -0.05) is 17.7 Å². The Morgan fingerprint density at radius 2 is 2.07 bits per heavy atom. The molecule has 0 saturated carbocycles. The lowest BCUT2D eigenvalue weighted by atomic mass is 10.1. The van der Waals surface area contributed by atoms with Crippen LogP contribution in [0.25, 0.3) is 10.9 Å². The van der Waals surface area contributed by atoms with Crippen molar-refractivity contribution in [2.24, 2.45) is 7.05 Å². The second kappa shape index (κ2) is 3.28. The predicted molar refractivity (Wildman–Crippen MR) is 60.6 cm³/mol. The van der Waals surface area contributed by atoms with Crippen LogP contribution in [-0.4, -0.2) is 9.67 Å². The summed E-state index contributed by atoms with van der Waals surface area (Å²) < 4.78 is 1.48. The molecule has 0 bridgehead atoms. The summed E-state index contributed by atoms with van der Waals surface area (Å²) >= 11 is 5.98. The van der Waals surface area contributed by atoms with Gasteiger partial charge in [0.15, 0.2) is 0 Å². The van der Waals surface area contributed by atoms with Crippen LogP contribution >= 0.6 is 11.6 Å². The number of hydrogen-bond donors (Lipinski definition) is 1. The van der Waals surface area contributed by atoms with Gasteiger partial charge in [-0.2, -0.15) is 0 Å². The zero-order chi connectivity index (χ0) is 11.2. The minimum Gasteiger partial charge on any atom is -0.507 e. The molecule has 0 aliphatic rings. The van der Waals surface area contributed by atoms with Gasteiger partial charge in [-0.15, -0.1) is 0 Å². The lowest BCUT2D eigenvalue weighted by molar-refractivity contribution is 0.475. The summed E-state index contributed by atoms with van der Waals surface area (Å²) in [6.45, 7) is 1.58. The molecule has 15 heavy (non-hydrogen) atoms. The average Bonchev–Trinajstić information content (AvgIpc) is 2.23. The van der Waals surface area contributed by atoms with Crippen LogP contribution in [0.15, 0.2) is 23.0 Å². The van der Waals surface area contributed by atoms with E-state index in [0.717, 1.165) is 0 Å². The molecule has 0 saturated heterocycles. The topological polar surface area (TPSA) is 42.2 Å². The third-order valence-electron chi connectivity index (χ3n) is 2.57. The van der Waals surface area contributed by atoms with Crippen molar-refractivity contribution in [1.29, 1.82) is 0 Å². The van der Waals surface area contributed by atoms with Gasteiger partial charge in [-0.25, -0.2) is 0 Å². The zero-order valence-corrected chi connectivity index (χ0v) is 9.17. The van der Waals surface area contributed by atoms with Gasteiger partial charge in [0, 0.05) is 7.05 Å². The minimum atomic E-state index is -0.206. The van der Waals surface area contributed by atoms with Gasteiger partial charge in [0.25, 0.3) is 5.56 Å². The van der Waals surface area contributed by atoms with Crippen LogP contribution in [0, 0.1) is 6.92 Å². The molecule has 1 N–H and O–H groups in total. The minimum absolute atomic E-state index is 0.0290. The molecule has 0 aliphatic heterocycles. The van der Waals surface area contributed by atoms with Crippen LogP contribution in [0.2, 0.25) is 5.02 Å². The number of hydrogen-bond acceptors (Lipinski definition) is 2. The van der Waals surface area contributed by atoms with E-state index in [1.807, 2.05) is 0 Å². The molecule has 4 heteroatoms. The second-order valence-electron chi connectivity index (χ2n) is 3.47. The molecule has 78 valence electrons. The molecule has 0 amide bonds. The lowest BCUT2D eigenvalue weighted by Crippen LogP contribution is -2.19. The number of aromatic hydroxyl groups is 1. The van der Waals surface area contributed by atoms with Crippen LogP contribution < -0.4 is 5.56 Å². The van der Waals surface area contributed by atoms with Crippen LogP contribution in [0.4, 0.5) is 0 Å². The smallest absolute Gasteiger partial charge is 0.257 e. The Kier molecular flexibility index (Phi) is 2.20. The normalized spacial score (nSPS) is 10.9. The second-order valence-corrected chi connectivity index (χ2v) is 3.88. The maximum absolute atomic E-state index is 11.7. The molecular weight excluding hydrogens is 214 g/mol. The fourth-order valence-electron chi connectivity index (χ4n) is 1.68. The quantitative estimate of drug-likeness (QED) is 0.744. The molecule has 0 atom stereocenters. The van der Waals surface area contributed by atoms with E-state index in [1.54, 1.807) is 32.2 Å². The number of halogens is 1. The molecule has 0 aliphatic carbocycles. The SMILES string of the molecule is Cc1c(O)c2c(Cl)cccc2n(C)c1=O. The molecule has 1 aromatic heterocycles. The molecule has 2 rings (SSSR count). The van der Waals surface area contributed by atoms with Crippen molar-refractivity contribution in [3.8, 4) is 5.75 Å². The van der Waals surface area contributed by atoms with Gasteiger partial charge in [0.2, 0.25) is 0 Å². The first kappa shape index (κ1) is 10.1. The van der Waals surface area contributed by atoms with Crippen molar-refractivity contribution < 1.29 is 5.11 Å².